The molecule has 0 saturated carbocycles. The Morgan fingerprint density at radius 1 is 1.21 bits per heavy atom. The number of rotatable bonds is 3. The van der Waals surface area contributed by atoms with Gasteiger partial charge in [-0.15, -0.1) is 0 Å². The molecule has 3 amide bonds. The molecule has 0 aliphatic heterocycles. The third-order valence-corrected chi connectivity index (χ3v) is 3.35. The average molecular weight is 326 g/mol. The van der Waals surface area contributed by atoms with Crippen LogP contribution in [0.15, 0.2) is 47.7 Å². The van der Waals surface area contributed by atoms with Crippen molar-refractivity contribution in [1.82, 2.24) is 30.0 Å². The lowest BCUT2D eigenvalue weighted by Crippen LogP contribution is -2.40. The standard InChI is InChI=1S/C15H14N6O3/c1-16-15(24)19-12(22)8-20-9-17-13-11(14(20)23)7-18-21(13)10-5-3-2-4-6-10/h2-7,9H,8H2,1H3,(H2,16,19,22,24). The number of para-hydroxylation sites is 1. The first kappa shape index (κ1) is 15.4. The van der Waals surface area contributed by atoms with Crippen molar-refractivity contribution >= 4 is 23.0 Å². The quantitative estimate of drug-likeness (QED) is 0.706. The number of nitrogens with one attached hydrogen (secondary N) is 2. The van der Waals surface area contributed by atoms with Gasteiger partial charge in [-0.1, -0.05) is 18.2 Å². The highest BCUT2D eigenvalue weighted by molar-refractivity contribution is 5.94. The van der Waals surface area contributed by atoms with Crippen LogP contribution in [0.5, 0.6) is 0 Å². The van der Waals surface area contributed by atoms with Gasteiger partial charge in [-0.05, 0) is 12.1 Å². The van der Waals surface area contributed by atoms with Crippen LogP contribution in [-0.2, 0) is 11.3 Å². The summed E-state index contributed by atoms with van der Waals surface area (Å²) < 4.78 is 2.67. The molecule has 3 aromatic rings. The number of hydrogen-bond acceptors (Lipinski definition) is 5. The third kappa shape index (κ3) is 2.86. The van der Waals surface area contributed by atoms with Gasteiger partial charge in [-0.3, -0.25) is 19.5 Å². The van der Waals surface area contributed by atoms with Crippen LogP contribution in [0, 0.1) is 0 Å². The summed E-state index contributed by atoms with van der Waals surface area (Å²) in [6, 6.07) is 8.63. The van der Waals surface area contributed by atoms with Crippen molar-refractivity contribution in [2.75, 3.05) is 7.05 Å². The third-order valence-electron chi connectivity index (χ3n) is 3.35. The summed E-state index contributed by atoms with van der Waals surface area (Å²) in [7, 11) is 1.39. The molecule has 0 aliphatic rings. The van der Waals surface area contributed by atoms with Crippen molar-refractivity contribution in [1.29, 1.82) is 0 Å². The largest absolute Gasteiger partial charge is 0.341 e. The second-order valence-electron chi connectivity index (χ2n) is 4.93. The average Bonchev–Trinajstić information content (AvgIpc) is 3.03. The van der Waals surface area contributed by atoms with Gasteiger partial charge in [0.2, 0.25) is 5.91 Å². The van der Waals surface area contributed by atoms with Crippen LogP contribution in [0.1, 0.15) is 0 Å². The lowest BCUT2D eigenvalue weighted by Gasteiger charge is -2.06. The van der Waals surface area contributed by atoms with Crippen LogP contribution in [0.25, 0.3) is 16.7 Å². The number of imide groups is 1. The number of hydrogen-bond donors (Lipinski definition) is 2. The second-order valence-corrected chi connectivity index (χ2v) is 4.93. The van der Waals surface area contributed by atoms with Gasteiger partial charge in [0.05, 0.1) is 11.9 Å². The molecule has 0 aliphatic carbocycles. The highest BCUT2D eigenvalue weighted by Gasteiger charge is 2.13. The number of benzene rings is 1. The van der Waals surface area contributed by atoms with Crippen LogP contribution in [0.3, 0.4) is 0 Å². The van der Waals surface area contributed by atoms with Crippen molar-refractivity contribution in [3.63, 3.8) is 0 Å². The number of aromatic nitrogens is 4. The van der Waals surface area contributed by atoms with E-state index in [4.69, 9.17) is 0 Å². The second kappa shape index (κ2) is 6.32. The van der Waals surface area contributed by atoms with Crippen molar-refractivity contribution < 1.29 is 9.59 Å². The van der Waals surface area contributed by atoms with Gasteiger partial charge >= 0.3 is 6.03 Å². The summed E-state index contributed by atoms with van der Waals surface area (Å²) in [6.07, 6.45) is 2.67. The first-order chi connectivity index (χ1) is 11.6. The molecule has 0 bridgehead atoms. The highest BCUT2D eigenvalue weighted by Crippen LogP contribution is 2.12. The molecule has 0 fully saturated rings. The Hall–Kier alpha value is -3.49. The van der Waals surface area contributed by atoms with Crippen LogP contribution in [0.4, 0.5) is 4.79 Å². The Kier molecular flexibility index (Phi) is 4.06. The summed E-state index contributed by atoms with van der Waals surface area (Å²) in [5.74, 6) is -0.618. The lowest BCUT2D eigenvalue weighted by molar-refractivity contribution is -0.120. The summed E-state index contributed by atoms with van der Waals surface area (Å²) in [6.45, 7) is -0.314. The zero-order chi connectivity index (χ0) is 17.1. The number of urea groups is 1. The normalized spacial score (nSPS) is 10.5. The topological polar surface area (TPSA) is 111 Å². The molecule has 2 N–H and O–H groups in total. The Bertz CT molecular complexity index is 960. The van der Waals surface area contributed by atoms with Crippen LogP contribution in [0.2, 0.25) is 0 Å². The van der Waals surface area contributed by atoms with Gasteiger partial charge in [-0.25, -0.2) is 14.5 Å². The van der Waals surface area contributed by atoms with E-state index in [-0.39, 0.29) is 11.9 Å². The van der Waals surface area contributed by atoms with E-state index in [1.165, 1.54) is 19.6 Å². The van der Waals surface area contributed by atoms with Crippen molar-refractivity contribution in [3.05, 3.63) is 53.2 Å². The molecule has 0 saturated heterocycles. The number of nitrogens with zero attached hydrogens (tertiary/aromatic N) is 4. The Morgan fingerprint density at radius 3 is 2.67 bits per heavy atom. The lowest BCUT2D eigenvalue weighted by atomic mass is 10.3. The molecule has 24 heavy (non-hydrogen) atoms. The minimum absolute atomic E-state index is 0.286. The van der Waals surface area contributed by atoms with E-state index in [1.54, 1.807) is 4.68 Å². The monoisotopic (exact) mass is 326 g/mol. The molecule has 9 heteroatoms. The minimum atomic E-state index is -0.640. The highest BCUT2D eigenvalue weighted by atomic mass is 16.2. The molecule has 2 heterocycles. The summed E-state index contributed by atoms with van der Waals surface area (Å²) in [5.41, 5.74) is 0.762. The van der Waals surface area contributed by atoms with Gasteiger partial charge in [0.1, 0.15) is 18.3 Å². The zero-order valence-corrected chi connectivity index (χ0v) is 12.8. The van der Waals surface area contributed by atoms with Gasteiger partial charge in [0.15, 0.2) is 5.65 Å². The van der Waals surface area contributed by atoms with E-state index < -0.39 is 17.5 Å². The molecule has 9 nitrogen and oxygen atoms in total. The van der Waals surface area contributed by atoms with Gasteiger partial charge in [0, 0.05) is 7.05 Å². The van der Waals surface area contributed by atoms with Gasteiger partial charge in [-0.2, -0.15) is 5.10 Å². The first-order valence-corrected chi connectivity index (χ1v) is 7.10. The summed E-state index contributed by atoms with van der Waals surface area (Å²) in [4.78, 5) is 39.5. The molecule has 2 aromatic heterocycles. The van der Waals surface area contributed by atoms with E-state index in [0.29, 0.717) is 5.65 Å². The van der Waals surface area contributed by atoms with Gasteiger partial charge < -0.3 is 5.32 Å². The SMILES string of the molecule is CNC(=O)NC(=O)Cn1cnc2c(cnn2-c2ccccc2)c1=O. The molecule has 122 valence electrons. The molecule has 1 aromatic carbocycles. The number of fused-ring (bicyclic) bond motifs is 1. The van der Waals surface area contributed by atoms with E-state index in [0.717, 1.165) is 10.3 Å². The van der Waals surface area contributed by atoms with Crippen LogP contribution in [-0.4, -0.2) is 38.3 Å². The van der Waals surface area contributed by atoms with Gasteiger partial charge in [0.25, 0.3) is 5.56 Å². The zero-order valence-electron chi connectivity index (χ0n) is 12.8. The maximum absolute atomic E-state index is 12.5. The maximum atomic E-state index is 12.5. The van der Waals surface area contributed by atoms with Crippen molar-refractivity contribution in [2.24, 2.45) is 0 Å². The molecule has 0 radical (unpaired) electrons. The summed E-state index contributed by atoms with van der Waals surface area (Å²) in [5, 5.41) is 8.82. The fraction of sp³-hybridized carbons (Fsp3) is 0.133. The van der Waals surface area contributed by atoms with E-state index in [1.807, 2.05) is 30.3 Å². The van der Waals surface area contributed by atoms with E-state index in [2.05, 4.69) is 20.7 Å². The van der Waals surface area contributed by atoms with Crippen LogP contribution >= 0.6 is 0 Å². The predicted octanol–water partition coefficient (Wildman–Crippen LogP) is 0.0378. The fourth-order valence-corrected chi connectivity index (χ4v) is 2.20. The number of amides is 3. The smallest absolute Gasteiger partial charge is 0.321 e. The fourth-order valence-electron chi connectivity index (χ4n) is 2.20. The van der Waals surface area contributed by atoms with E-state index in [9.17, 15) is 14.4 Å². The molecule has 0 unspecified atom stereocenters. The Morgan fingerprint density at radius 2 is 1.96 bits per heavy atom. The molecule has 0 spiro atoms. The van der Waals surface area contributed by atoms with Crippen molar-refractivity contribution in [3.8, 4) is 5.69 Å². The molecular weight excluding hydrogens is 312 g/mol. The van der Waals surface area contributed by atoms with E-state index >= 15 is 0 Å². The predicted molar refractivity (Wildman–Crippen MR) is 85.7 cm³/mol. The summed E-state index contributed by atoms with van der Waals surface area (Å²) >= 11 is 0. The number of carbonyl (C=O) groups excluding carboxylic acids is 2. The van der Waals surface area contributed by atoms with Crippen LogP contribution < -0.4 is 16.2 Å². The number of carbonyl (C=O) groups is 2. The molecule has 0 atom stereocenters. The first-order valence-electron chi connectivity index (χ1n) is 7.10. The molecular formula is C15H14N6O3. The van der Waals surface area contributed by atoms with Crippen molar-refractivity contribution in [2.45, 2.75) is 6.54 Å². The molecule has 3 rings (SSSR count). The maximum Gasteiger partial charge on any atom is 0.321 e. The Labute approximate surface area is 135 Å². The Balaban J connectivity index is 1.94. The minimum Gasteiger partial charge on any atom is -0.341 e.